The minimum atomic E-state index is -0.199. The number of hydrogen-bond donors (Lipinski definition) is 1. The van der Waals surface area contributed by atoms with E-state index in [0.29, 0.717) is 26.2 Å². The molecule has 3 heterocycles. The number of thiazole rings is 1. The molecule has 0 radical (unpaired) electrons. The number of hydrogen-bond acceptors (Lipinski definition) is 5. The van der Waals surface area contributed by atoms with Crippen molar-refractivity contribution >= 4 is 17.4 Å². The van der Waals surface area contributed by atoms with Crippen LogP contribution in [0, 0.1) is 20.8 Å². The van der Waals surface area contributed by atoms with E-state index in [9.17, 15) is 4.79 Å². The number of urea groups is 1. The second kappa shape index (κ2) is 6.72. The van der Waals surface area contributed by atoms with Gasteiger partial charge in [-0.2, -0.15) is 0 Å². The Balaban J connectivity index is 1.57. The highest BCUT2D eigenvalue weighted by atomic mass is 32.1. The second-order valence-corrected chi connectivity index (χ2v) is 6.94. The molecule has 1 aliphatic heterocycles. The lowest BCUT2D eigenvalue weighted by atomic mass is 10.2. The monoisotopic (exact) mass is 335 g/mol. The minimum absolute atomic E-state index is 0.0768. The van der Waals surface area contributed by atoms with E-state index < -0.39 is 0 Å². The molecule has 23 heavy (non-hydrogen) atoms. The minimum Gasteiger partial charge on any atom is -0.464 e. The molecule has 0 spiro atoms. The molecule has 1 atom stereocenters. The van der Waals surface area contributed by atoms with Crippen LogP contribution in [0.25, 0.3) is 0 Å². The van der Waals surface area contributed by atoms with E-state index in [4.69, 9.17) is 9.15 Å². The fourth-order valence-electron chi connectivity index (χ4n) is 2.64. The average molecular weight is 335 g/mol. The summed E-state index contributed by atoms with van der Waals surface area (Å²) in [6, 6.07) is 3.74. The van der Waals surface area contributed by atoms with E-state index in [1.165, 1.54) is 0 Å². The van der Waals surface area contributed by atoms with Crippen molar-refractivity contribution < 1.29 is 13.9 Å². The lowest BCUT2D eigenvalue weighted by Crippen LogP contribution is -2.46. The summed E-state index contributed by atoms with van der Waals surface area (Å²) in [5.41, 5.74) is 0.985. The van der Waals surface area contributed by atoms with Crippen molar-refractivity contribution in [3.63, 3.8) is 0 Å². The van der Waals surface area contributed by atoms with Gasteiger partial charge in [-0.25, -0.2) is 9.78 Å². The van der Waals surface area contributed by atoms with Crippen LogP contribution in [0.5, 0.6) is 0 Å². The molecule has 1 saturated heterocycles. The third kappa shape index (κ3) is 3.73. The number of nitrogens with zero attached hydrogens (tertiary/aromatic N) is 2. The van der Waals surface area contributed by atoms with E-state index in [-0.39, 0.29) is 12.1 Å². The van der Waals surface area contributed by atoms with Crippen LogP contribution in [0.4, 0.5) is 4.79 Å². The van der Waals surface area contributed by atoms with Crippen LogP contribution in [0.3, 0.4) is 0 Å². The van der Waals surface area contributed by atoms with Crippen LogP contribution >= 0.6 is 11.3 Å². The van der Waals surface area contributed by atoms with Gasteiger partial charge in [-0.15, -0.1) is 11.3 Å². The molecule has 6 nitrogen and oxygen atoms in total. The molecule has 2 aromatic heterocycles. The Bertz CT molecular complexity index is 695. The highest BCUT2D eigenvalue weighted by Gasteiger charge is 2.27. The number of rotatable bonds is 3. The summed E-state index contributed by atoms with van der Waals surface area (Å²) in [7, 11) is 0. The van der Waals surface area contributed by atoms with Crippen molar-refractivity contribution in [2.24, 2.45) is 0 Å². The van der Waals surface area contributed by atoms with E-state index in [2.05, 4.69) is 10.3 Å². The average Bonchev–Trinajstić information content (AvgIpc) is 3.10. The molecule has 0 aromatic carbocycles. The third-order valence-corrected chi connectivity index (χ3v) is 4.90. The fraction of sp³-hybridized carbons (Fsp3) is 0.500. The number of carbonyl (C=O) groups is 1. The number of furan rings is 1. The van der Waals surface area contributed by atoms with Crippen molar-refractivity contribution in [3.8, 4) is 0 Å². The number of ether oxygens (including phenoxy) is 1. The Morgan fingerprint density at radius 3 is 2.91 bits per heavy atom. The molecule has 124 valence electrons. The summed E-state index contributed by atoms with van der Waals surface area (Å²) in [6.07, 6.45) is -0.199. The van der Waals surface area contributed by atoms with Crippen molar-refractivity contribution in [2.45, 2.75) is 33.4 Å². The molecule has 1 fully saturated rings. The maximum atomic E-state index is 12.4. The van der Waals surface area contributed by atoms with Crippen LogP contribution in [-0.4, -0.2) is 35.6 Å². The quantitative estimate of drug-likeness (QED) is 0.936. The molecule has 7 heteroatoms. The first-order valence-corrected chi connectivity index (χ1v) is 8.48. The lowest BCUT2D eigenvalue weighted by molar-refractivity contribution is -0.0263. The zero-order chi connectivity index (χ0) is 16.4. The molecule has 3 rings (SSSR count). The summed E-state index contributed by atoms with van der Waals surface area (Å²) in [5.74, 6) is 1.62. The second-order valence-electron chi connectivity index (χ2n) is 5.65. The number of aryl methyl sites for hydroxylation is 3. The Kier molecular flexibility index (Phi) is 4.68. The van der Waals surface area contributed by atoms with Crippen molar-refractivity contribution in [1.29, 1.82) is 0 Å². The molecule has 1 aliphatic rings. The van der Waals surface area contributed by atoms with Gasteiger partial charge in [0.05, 0.1) is 30.4 Å². The Morgan fingerprint density at radius 2 is 2.26 bits per heavy atom. The Labute approximate surface area is 139 Å². The predicted molar refractivity (Wildman–Crippen MR) is 87.5 cm³/mol. The van der Waals surface area contributed by atoms with Crippen LogP contribution in [0.15, 0.2) is 16.5 Å². The number of morpholine rings is 1. The molecule has 2 amide bonds. The van der Waals surface area contributed by atoms with Crippen molar-refractivity contribution in [1.82, 2.24) is 15.2 Å². The normalized spacial score (nSPS) is 18.2. The smallest absolute Gasteiger partial charge is 0.317 e. The molecule has 0 saturated carbocycles. The number of carbonyl (C=O) groups excluding carboxylic acids is 1. The van der Waals surface area contributed by atoms with E-state index >= 15 is 0 Å². The Morgan fingerprint density at radius 1 is 1.43 bits per heavy atom. The van der Waals surface area contributed by atoms with E-state index in [0.717, 1.165) is 27.1 Å². The molecule has 0 aliphatic carbocycles. The molecule has 2 aromatic rings. The summed E-state index contributed by atoms with van der Waals surface area (Å²) in [5, 5.41) is 3.99. The maximum Gasteiger partial charge on any atom is 0.317 e. The van der Waals surface area contributed by atoms with Gasteiger partial charge >= 0.3 is 6.03 Å². The van der Waals surface area contributed by atoms with Crippen LogP contribution in [-0.2, 0) is 11.3 Å². The molecule has 0 bridgehead atoms. The van der Waals surface area contributed by atoms with Gasteiger partial charge in [0, 0.05) is 11.4 Å². The highest BCUT2D eigenvalue weighted by Crippen LogP contribution is 2.24. The van der Waals surface area contributed by atoms with Crippen LogP contribution < -0.4 is 5.32 Å². The van der Waals surface area contributed by atoms with Gasteiger partial charge in [0.25, 0.3) is 0 Å². The van der Waals surface area contributed by atoms with Crippen LogP contribution in [0.2, 0.25) is 0 Å². The predicted octanol–water partition coefficient (Wildman–Crippen LogP) is 2.94. The zero-order valence-electron chi connectivity index (χ0n) is 13.6. The number of nitrogens with one attached hydrogen (secondary N) is 1. The van der Waals surface area contributed by atoms with Gasteiger partial charge in [0.15, 0.2) is 0 Å². The van der Waals surface area contributed by atoms with Gasteiger partial charge < -0.3 is 19.4 Å². The third-order valence-electron chi connectivity index (χ3n) is 3.83. The largest absolute Gasteiger partial charge is 0.464 e. The first-order valence-electron chi connectivity index (χ1n) is 7.66. The summed E-state index contributed by atoms with van der Waals surface area (Å²) in [6.45, 7) is 7.95. The molecule has 1 N–H and O–H groups in total. The van der Waals surface area contributed by atoms with Gasteiger partial charge in [0.2, 0.25) is 0 Å². The van der Waals surface area contributed by atoms with Crippen molar-refractivity contribution in [2.75, 3.05) is 19.7 Å². The first kappa shape index (κ1) is 16.0. The van der Waals surface area contributed by atoms with Gasteiger partial charge in [-0.1, -0.05) is 0 Å². The number of aromatic nitrogens is 1. The maximum absolute atomic E-state index is 12.4. The summed E-state index contributed by atoms with van der Waals surface area (Å²) >= 11 is 1.62. The topological polar surface area (TPSA) is 67.6 Å². The highest BCUT2D eigenvalue weighted by molar-refractivity contribution is 7.11. The van der Waals surface area contributed by atoms with E-state index in [1.54, 1.807) is 16.2 Å². The molecular weight excluding hydrogens is 314 g/mol. The zero-order valence-corrected chi connectivity index (χ0v) is 14.4. The van der Waals surface area contributed by atoms with Gasteiger partial charge in [-0.3, -0.25) is 0 Å². The summed E-state index contributed by atoms with van der Waals surface area (Å²) < 4.78 is 11.3. The molecular formula is C16H21N3O3S. The molecule has 0 unspecified atom stereocenters. The SMILES string of the molecule is Cc1ccc([C@H]2CN(C(=O)NCc3sc(C)nc3C)CCO2)o1. The standard InChI is InChI=1S/C16H21N3O3S/c1-10-4-5-13(22-10)14-9-19(6-7-21-14)16(20)17-8-15-11(2)18-12(3)23-15/h4-5,14H,6-9H2,1-3H3,(H,17,20)/t14-/m1/s1. The fourth-order valence-corrected chi connectivity index (χ4v) is 3.51. The summed E-state index contributed by atoms with van der Waals surface area (Å²) in [4.78, 5) is 19.6. The number of amides is 2. The Hall–Kier alpha value is -1.86. The van der Waals surface area contributed by atoms with Gasteiger partial charge in [-0.05, 0) is 32.9 Å². The van der Waals surface area contributed by atoms with Gasteiger partial charge in [0.1, 0.15) is 17.6 Å². The van der Waals surface area contributed by atoms with Crippen molar-refractivity contribution in [3.05, 3.63) is 39.2 Å². The lowest BCUT2D eigenvalue weighted by Gasteiger charge is -2.32. The van der Waals surface area contributed by atoms with E-state index in [1.807, 2.05) is 32.9 Å². The van der Waals surface area contributed by atoms with Crippen LogP contribution in [0.1, 0.15) is 33.2 Å². The first-order chi connectivity index (χ1) is 11.0.